The minimum Gasteiger partial charge on any atom is -0.427 e. The van der Waals surface area contributed by atoms with Crippen LogP contribution in [0.15, 0.2) is 83.1 Å². The number of esters is 1. The van der Waals surface area contributed by atoms with E-state index in [-0.39, 0.29) is 11.5 Å². The van der Waals surface area contributed by atoms with E-state index in [0.717, 1.165) is 27.4 Å². The van der Waals surface area contributed by atoms with E-state index >= 15 is 0 Å². The number of carbonyl (C=O) groups is 1. The fourth-order valence-electron chi connectivity index (χ4n) is 3.75. The van der Waals surface area contributed by atoms with Crippen molar-refractivity contribution >= 4 is 39.7 Å². The van der Waals surface area contributed by atoms with Gasteiger partial charge in [-0.15, -0.1) is 16.4 Å². The summed E-state index contributed by atoms with van der Waals surface area (Å²) in [6, 6.07) is 20.7. The summed E-state index contributed by atoms with van der Waals surface area (Å²) in [7, 11) is 0. The van der Waals surface area contributed by atoms with Crippen LogP contribution in [0.25, 0.3) is 38.7 Å². The van der Waals surface area contributed by atoms with Crippen molar-refractivity contribution in [2.75, 3.05) is 0 Å². The van der Waals surface area contributed by atoms with Gasteiger partial charge in [0.25, 0.3) is 5.56 Å². The van der Waals surface area contributed by atoms with E-state index in [1.807, 2.05) is 64.8 Å². The Bertz CT molecular complexity index is 1800. The number of hydrogen-bond donors (Lipinski definition) is 0. The summed E-state index contributed by atoms with van der Waals surface area (Å²) in [5.74, 6) is 0.474. The molecule has 0 saturated heterocycles. The van der Waals surface area contributed by atoms with Crippen molar-refractivity contribution in [3.8, 4) is 33.4 Å². The van der Waals surface area contributed by atoms with Gasteiger partial charge in [0, 0.05) is 24.2 Å². The average molecular weight is 512 g/mol. The topological polar surface area (TPSA) is 91.4 Å². The zero-order valence-electron chi connectivity index (χ0n) is 18.9. The van der Waals surface area contributed by atoms with Gasteiger partial charge in [0.1, 0.15) is 11.4 Å². The molecule has 0 aliphatic rings. The van der Waals surface area contributed by atoms with Crippen molar-refractivity contribution in [1.29, 1.82) is 0 Å². The third-order valence-electron chi connectivity index (χ3n) is 5.36. The van der Waals surface area contributed by atoms with Gasteiger partial charge in [-0.1, -0.05) is 35.6 Å². The van der Waals surface area contributed by atoms with E-state index in [0.29, 0.717) is 21.1 Å². The highest BCUT2D eigenvalue weighted by atomic mass is 32.1. The molecule has 6 aromatic rings. The molecule has 0 bridgehead atoms. The largest absolute Gasteiger partial charge is 0.427 e. The number of rotatable bonds is 5. The van der Waals surface area contributed by atoms with Gasteiger partial charge in [0.05, 0.1) is 15.1 Å². The molecule has 4 aromatic heterocycles. The lowest BCUT2D eigenvalue weighted by atomic mass is 10.2. The number of nitrogens with zero attached hydrogens (tertiary/aromatic N) is 5. The number of aromatic nitrogens is 5. The first-order chi connectivity index (χ1) is 17.5. The summed E-state index contributed by atoms with van der Waals surface area (Å²) in [4.78, 5) is 30.4. The van der Waals surface area contributed by atoms with Crippen LogP contribution in [0.1, 0.15) is 12.5 Å². The Morgan fingerprint density at radius 3 is 2.50 bits per heavy atom. The number of carbonyl (C=O) groups excluding carboxylic acids is 1. The molecule has 0 atom stereocenters. The van der Waals surface area contributed by atoms with Crippen LogP contribution in [0.2, 0.25) is 0 Å². The van der Waals surface area contributed by atoms with Crippen molar-refractivity contribution in [2.45, 2.75) is 6.92 Å². The minimum atomic E-state index is -0.389. The average Bonchev–Trinajstić information content (AvgIpc) is 3.67. The van der Waals surface area contributed by atoms with Crippen LogP contribution in [0.4, 0.5) is 0 Å². The van der Waals surface area contributed by atoms with Crippen LogP contribution in [0, 0.1) is 0 Å². The number of para-hydroxylation sites is 1. The summed E-state index contributed by atoms with van der Waals surface area (Å²) < 4.78 is 8.72. The summed E-state index contributed by atoms with van der Waals surface area (Å²) in [6.45, 7) is 1.35. The molecule has 2 aromatic carbocycles. The minimum absolute atomic E-state index is 0.241. The van der Waals surface area contributed by atoms with E-state index in [1.165, 1.54) is 22.8 Å². The standard InChI is InChI=1S/C26H17N5O3S2/c1-16(32)34-20-11-9-17(10-12-20)24-27-26-31(29-24)25(33)22(36-26)14-18-15-30(19-6-3-2-4-7-19)28-23(18)21-8-5-13-35-21/h2-15H,1H3/b22-14+. The Morgan fingerprint density at radius 1 is 1.00 bits per heavy atom. The molecule has 4 heterocycles. The fourth-order valence-corrected chi connectivity index (χ4v) is 5.38. The van der Waals surface area contributed by atoms with Crippen molar-refractivity contribution < 1.29 is 9.53 Å². The number of thiazole rings is 1. The van der Waals surface area contributed by atoms with Crippen molar-refractivity contribution in [1.82, 2.24) is 24.4 Å². The Balaban J connectivity index is 1.40. The predicted octanol–water partition coefficient (Wildman–Crippen LogP) is 4.21. The molecule has 0 radical (unpaired) electrons. The van der Waals surface area contributed by atoms with E-state index in [2.05, 4.69) is 10.1 Å². The maximum atomic E-state index is 13.2. The number of fused-ring (bicyclic) bond motifs is 1. The van der Waals surface area contributed by atoms with Gasteiger partial charge < -0.3 is 4.74 Å². The lowest BCUT2D eigenvalue weighted by molar-refractivity contribution is -0.131. The van der Waals surface area contributed by atoms with Crippen LogP contribution in [-0.2, 0) is 4.79 Å². The molecule has 0 N–H and O–H groups in total. The maximum absolute atomic E-state index is 13.2. The second kappa shape index (κ2) is 8.99. The summed E-state index contributed by atoms with van der Waals surface area (Å²) in [5.41, 5.74) is 3.06. The number of benzene rings is 2. The first-order valence-corrected chi connectivity index (χ1v) is 12.6. The zero-order valence-corrected chi connectivity index (χ0v) is 20.5. The van der Waals surface area contributed by atoms with Gasteiger partial charge in [-0.2, -0.15) is 14.6 Å². The SMILES string of the molecule is CC(=O)Oc1ccc(-c2nc3s/c(=C/c4cn(-c5ccccc5)nc4-c4cccs4)c(=O)n3n2)cc1. The normalized spacial score (nSPS) is 11.9. The Kier molecular flexibility index (Phi) is 5.51. The predicted molar refractivity (Wildman–Crippen MR) is 140 cm³/mol. The summed E-state index contributed by atoms with van der Waals surface area (Å²) in [6.07, 6.45) is 3.77. The smallest absolute Gasteiger partial charge is 0.308 e. The van der Waals surface area contributed by atoms with Gasteiger partial charge in [-0.25, -0.2) is 4.68 Å². The molecule has 6 rings (SSSR count). The van der Waals surface area contributed by atoms with E-state index in [4.69, 9.17) is 9.84 Å². The molecule has 0 aliphatic carbocycles. The monoisotopic (exact) mass is 511 g/mol. The molecular weight excluding hydrogens is 494 g/mol. The van der Waals surface area contributed by atoms with Gasteiger partial charge in [-0.05, 0) is 53.9 Å². The van der Waals surface area contributed by atoms with Crippen molar-refractivity contribution in [3.05, 3.63) is 98.8 Å². The lowest BCUT2D eigenvalue weighted by Crippen LogP contribution is -2.23. The van der Waals surface area contributed by atoms with Gasteiger partial charge >= 0.3 is 5.97 Å². The quantitative estimate of drug-likeness (QED) is 0.254. The summed E-state index contributed by atoms with van der Waals surface area (Å²) >= 11 is 2.87. The highest BCUT2D eigenvalue weighted by molar-refractivity contribution is 7.15. The Morgan fingerprint density at radius 2 is 1.81 bits per heavy atom. The molecule has 10 heteroatoms. The first kappa shape index (κ1) is 22.1. The highest BCUT2D eigenvalue weighted by Gasteiger charge is 2.15. The molecule has 0 amide bonds. The molecule has 36 heavy (non-hydrogen) atoms. The zero-order chi connectivity index (χ0) is 24.6. The number of thiophene rings is 1. The van der Waals surface area contributed by atoms with E-state index in [1.54, 1.807) is 35.6 Å². The van der Waals surface area contributed by atoms with Crippen LogP contribution in [-0.4, -0.2) is 30.3 Å². The maximum Gasteiger partial charge on any atom is 0.308 e. The second-order valence-electron chi connectivity index (χ2n) is 7.85. The molecule has 0 aliphatic heterocycles. The van der Waals surface area contributed by atoms with Crippen LogP contribution in [0.5, 0.6) is 5.75 Å². The Hall–Kier alpha value is -4.41. The molecule has 176 valence electrons. The number of hydrogen-bond acceptors (Lipinski definition) is 8. The first-order valence-electron chi connectivity index (χ1n) is 10.9. The molecule has 0 unspecified atom stereocenters. The van der Waals surface area contributed by atoms with E-state index in [9.17, 15) is 9.59 Å². The number of ether oxygens (including phenoxy) is 1. The van der Waals surface area contributed by atoms with Gasteiger partial charge in [-0.3, -0.25) is 9.59 Å². The molecule has 8 nitrogen and oxygen atoms in total. The Labute approximate surface area is 212 Å². The van der Waals surface area contributed by atoms with E-state index < -0.39 is 0 Å². The molecule has 0 saturated carbocycles. The third-order valence-corrected chi connectivity index (χ3v) is 7.20. The lowest BCUT2D eigenvalue weighted by Gasteiger charge is -2.01. The van der Waals surface area contributed by atoms with Crippen LogP contribution >= 0.6 is 22.7 Å². The third kappa shape index (κ3) is 4.12. The molecular formula is C26H17N5O3S2. The van der Waals surface area contributed by atoms with Crippen molar-refractivity contribution in [3.63, 3.8) is 0 Å². The summed E-state index contributed by atoms with van der Waals surface area (Å²) in [5, 5.41) is 11.2. The van der Waals surface area contributed by atoms with Crippen LogP contribution in [0.3, 0.4) is 0 Å². The van der Waals surface area contributed by atoms with Gasteiger partial charge in [0.15, 0.2) is 5.82 Å². The second-order valence-corrected chi connectivity index (χ2v) is 9.81. The molecule has 0 spiro atoms. The van der Waals surface area contributed by atoms with Gasteiger partial charge in [0.2, 0.25) is 4.96 Å². The fraction of sp³-hybridized carbons (Fsp3) is 0.0385. The van der Waals surface area contributed by atoms with Crippen molar-refractivity contribution in [2.24, 2.45) is 0 Å². The van der Waals surface area contributed by atoms with Crippen LogP contribution < -0.4 is 14.8 Å². The highest BCUT2D eigenvalue weighted by Crippen LogP contribution is 2.28. The molecule has 0 fully saturated rings.